The second-order valence-electron chi connectivity index (χ2n) is 2.16. The van der Waals surface area contributed by atoms with E-state index >= 15 is 0 Å². The standard InChI is InChI=1S/C6H10ClN3O/c1-2-10-5(3-7)8-9-6(10)4-11/h4,6,9H,2-3H2,1H3. The topological polar surface area (TPSA) is 44.7 Å². The van der Waals surface area contributed by atoms with Gasteiger partial charge in [0.15, 0.2) is 12.5 Å². The Bertz CT molecular complexity index is 183. The number of halogens is 1. The van der Waals surface area contributed by atoms with Crippen molar-refractivity contribution in [2.45, 2.75) is 13.1 Å². The van der Waals surface area contributed by atoms with Crippen molar-refractivity contribution in [1.82, 2.24) is 10.3 Å². The van der Waals surface area contributed by atoms with Crippen LogP contribution in [-0.4, -0.2) is 35.6 Å². The van der Waals surface area contributed by atoms with E-state index in [2.05, 4.69) is 10.5 Å². The predicted octanol–water partition coefficient (Wildman–Crippen LogP) is -0.0112. The smallest absolute Gasteiger partial charge is 0.172 e. The molecule has 1 unspecified atom stereocenters. The zero-order valence-corrected chi connectivity index (χ0v) is 7.01. The number of nitrogens with one attached hydrogen (secondary N) is 1. The third kappa shape index (κ3) is 1.45. The van der Waals surface area contributed by atoms with Gasteiger partial charge in [0.1, 0.15) is 5.84 Å². The van der Waals surface area contributed by atoms with Crippen molar-refractivity contribution in [2.24, 2.45) is 5.10 Å². The third-order valence-corrected chi connectivity index (χ3v) is 1.82. The zero-order valence-electron chi connectivity index (χ0n) is 6.25. The molecule has 0 saturated heterocycles. The van der Waals surface area contributed by atoms with Crippen molar-refractivity contribution in [3.05, 3.63) is 0 Å². The van der Waals surface area contributed by atoms with Crippen LogP contribution >= 0.6 is 11.6 Å². The van der Waals surface area contributed by atoms with Gasteiger partial charge in [-0.05, 0) is 6.92 Å². The van der Waals surface area contributed by atoms with Crippen molar-refractivity contribution in [1.29, 1.82) is 0 Å². The van der Waals surface area contributed by atoms with E-state index in [1.54, 1.807) is 0 Å². The van der Waals surface area contributed by atoms with Crippen LogP contribution in [0.5, 0.6) is 0 Å². The summed E-state index contributed by atoms with van der Waals surface area (Å²) in [5.41, 5.74) is 2.67. The summed E-state index contributed by atoms with van der Waals surface area (Å²) in [6.45, 7) is 2.69. The predicted molar refractivity (Wildman–Crippen MR) is 43.5 cm³/mol. The lowest BCUT2D eigenvalue weighted by molar-refractivity contribution is -0.111. The molecule has 0 radical (unpaired) electrons. The Hall–Kier alpha value is -0.770. The van der Waals surface area contributed by atoms with Gasteiger partial charge in [-0.1, -0.05) is 0 Å². The molecule has 0 fully saturated rings. The number of carbonyl (C=O) groups excluding carboxylic acids is 1. The van der Waals surface area contributed by atoms with Crippen molar-refractivity contribution < 1.29 is 4.79 Å². The summed E-state index contributed by atoms with van der Waals surface area (Å²) in [5, 5.41) is 3.89. The van der Waals surface area contributed by atoms with Crippen LogP contribution in [0.15, 0.2) is 5.10 Å². The highest BCUT2D eigenvalue weighted by Gasteiger charge is 2.24. The van der Waals surface area contributed by atoms with Gasteiger partial charge in [0.25, 0.3) is 0 Å². The molecule has 0 aromatic carbocycles. The molecule has 4 nitrogen and oxygen atoms in total. The largest absolute Gasteiger partial charge is 0.330 e. The molecular weight excluding hydrogens is 166 g/mol. The molecule has 0 spiro atoms. The quantitative estimate of drug-likeness (QED) is 0.485. The fourth-order valence-electron chi connectivity index (χ4n) is 1.02. The SMILES string of the molecule is CCN1C(CCl)=NNC1C=O. The van der Waals surface area contributed by atoms with E-state index in [4.69, 9.17) is 11.6 Å². The number of hydrogen-bond donors (Lipinski definition) is 1. The fraction of sp³-hybridized carbons (Fsp3) is 0.667. The molecule has 0 aromatic rings. The highest BCUT2D eigenvalue weighted by molar-refractivity contribution is 6.28. The first-order chi connectivity index (χ1) is 5.33. The number of hydrazone groups is 1. The van der Waals surface area contributed by atoms with Crippen LogP contribution in [0.1, 0.15) is 6.92 Å². The van der Waals surface area contributed by atoms with Gasteiger partial charge >= 0.3 is 0 Å². The second kappa shape index (κ2) is 3.57. The molecule has 62 valence electrons. The number of amidine groups is 1. The van der Waals surface area contributed by atoms with Gasteiger partial charge in [0.2, 0.25) is 0 Å². The highest BCUT2D eigenvalue weighted by atomic mass is 35.5. The van der Waals surface area contributed by atoms with E-state index in [-0.39, 0.29) is 6.17 Å². The van der Waals surface area contributed by atoms with Crippen LogP contribution < -0.4 is 5.43 Å². The van der Waals surface area contributed by atoms with Crippen molar-refractivity contribution in [3.63, 3.8) is 0 Å². The first-order valence-corrected chi connectivity index (χ1v) is 3.97. The Morgan fingerprint density at radius 1 is 1.91 bits per heavy atom. The van der Waals surface area contributed by atoms with E-state index in [1.807, 2.05) is 11.8 Å². The van der Waals surface area contributed by atoms with Crippen LogP contribution in [0.25, 0.3) is 0 Å². The molecule has 1 N–H and O–H groups in total. The van der Waals surface area contributed by atoms with Crippen molar-refractivity contribution in [2.75, 3.05) is 12.4 Å². The summed E-state index contributed by atoms with van der Waals surface area (Å²) in [5.74, 6) is 1.07. The third-order valence-electron chi connectivity index (χ3n) is 1.58. The molecule has 5 heteroatoms. The Morgan fingerprint density at radius 2 is 2.64 bits per heavy atom. The summed E-state index contributed by atoms with van der Waals surface area (Å²) in [7, 11) is 0. The zero-order chi connectivity index (χ0) is 8.27. The molecule has 1 aliphatic rings. The van der Waals surface area contributed by atoms with Gasteiger partial charge in [-0.15, -0.1) is 11.6 Å². The Balaban J connectivity index is 2.64. The van der Waals surface area contributed by atoms with Crippen LogP contribution in [0.2, 0.25) is 0 Å². The first kappa shape index (κ1) is 8.33. The normalized spacial score (nSPS) is 22.9. The molecule has 0 amide bonds. The Labute approximate surface area is 70.2 Å². The van der Waals surface area contributed by atoms with Crippen molar-refractivity contribution >= 4 is 23.7 Å². The number of carbonyl (C=O) groups is 1. The number of alkyl halides is 1. The molecule has 1 rings (SSSR count). The lowest BCUT2D eigenvalue weighted by atomic mass is 10.4. The van der Waals surface area contributed by atoms with E-state index in [1.165, 1.54) is 0 Å². The molecule has 0 bridgehead atoms. The van der Waals surface area contributed by atoms with E-state index in [9.17, 15) is 4.79 Å². The molecule has 1 aliphatic heterocycles. The molecule has 0 saturated carbocycles. The summed E-state index contributed by atoms with van der Waals surface area (Å²) >= 11 is 5.58. The summed E-state index contributed by atoms with van der Waals surface area (Å²) in [6.07, 6.45) is 0.487. The number of likely N-dealkylation sites (N-methyl/N-ethyl adjacent to an activating group) is 1. The Morgan fingerprint density at radius 3 is 3.09 bits per heavy atom. The van der Waals surface area contributed by atoms with Crippen LogP contribution in [0.3, 0.4) is 0 Å². The fourth-order valence-corrected chi connectivity index (χ4v) is 1.24. The van der Waals surface area contributed by atoms with E-state index in [0.717, 1.165) is 18.7 Å². The lowest BCUT2D eigenvalue weighted by Gasteiger charge is -2.19. The molecule has 11 heavy (non-hydrogen) atoms. The maximum absolute atomic E-state index is 10.4. The molecule has 1 heterocycles. The maximum atomic E-state index is 10.4. The van der Waals surface area contributed by atoms with Crippen LogP contribution in [-0.2, 0) is 4.79 Å². The second-order valence-corrected chi connectivity index (χ2v) is 2.42. The highest BCUT2D eigenvalue weighted by Crippen LogP contribution is 2.04. The monoisotopic (exact) mass is 175 g/mol. The molecule has 1 atom stereocenters. The number of aldehydes is 1. The number of rotatable bonds is 3. The summed E-state index contributed by atoms with van der Waals surface area (Å²) in [6, 6.07) is 0. The van der Waals surface area contributed by atoms with Crippen LogP contribution in [0.4, 0.5) is 0 Å². The average molecular weight is 176 g/mol. The minimum Gasteiger partial charge on any atom is -0.330 e. The molecular formula is C6H10ClN3O. The lowest BCUT2D eigenvalue weighted by Crippen LogP contribution is -2.41. The van der Waals surface area contributed by atoms with Gasteiger partial charge in [-0.2, -0.15) is 5.10 Å². The number of hydrogen-bond acceptors (Lipinski definition) is 4. The maximum Gasteiger partial charge on any atom is 0.172 e. The Kier molecular flexibility index (Phi) is 2.70. The van der Waals surface area contributed by atoms with Gasteiger partial charge < -0.3 is 4.90 Å². The van der Waals surface area contributed by atoms with Gasteiger partial charge in [0.05, 0.1) is 5.88 Å². The van der Waals surface area contributed by atoms with Crippen molar-refractivity contribution in [3.8, 4) is 0 Å². The van der Waals surface area contributed by atoms with Gasteiger partial charge in [0, 0.05) is 6.54 Å². The molecule has 0 aromatic heterocycles. The minimum atomic E-state index is -0.325. The summed E-state index contributed by atoms with van der Waals surface area (Å²) < 4.78 is 0. The minimum absolute atomic E-state index is 0.325. The van der Waals surface area contributed by atoms with E-state index in [0.29, 0.717) is 5.88 Å². The van der Waals surface area contributed by atoms with E-state index < -0.39 is 0 Å². The average Bonchev–Trinajstić information content (AvgIpc) is 2.45. The van der Waals surface area contributed by atoms with Gasteiger partial charge in [-0.3, -0.25) is 10.2 Å². The van der Waals surface area contributed by atoms with Crippen LogP contribution in [0, 0.1) is 0 Å². The van der Waals surface area contributed by atoms with Gasteiger partial charge in [-0.25, -0.2) is 0 Å². The summed E-state index contributed by atoms with van der Waals surface area (Å²) in [4.78, 5) is 12.2. The molecule has 0 aliphatic carbocycles. The first-order valence-electron chi connectivity index (χ1n) is 3.43. The number of nitrogens with zero attached hydrogens (tertiary/aromatic N) is 2.